The molecule has 1 atom stereocenters. The van der Waals surface area contributed by atoms with Crippen LogP contribution in [0.1, 0.15) is 24.0 Å². The van der Waals surface area contributed by atoms with Crippen LogP contribution in [-0.4, -0.2) is 56.0 Å². The van der Waals surface area contributed by atoms with E-state index in [9.17, 15) is 8.42 Å². The van der Waals surface area contributed by atoms with E-state index in [1.54, 1.807) is 31.3 Å². The number of piperidine rings is 1. The maximum atomic E-state index is 12.6. The summed E-state index contributed by atoms with van der Waals surface area (Å²) in [5.74, 6) is -0.0163. The predicted molar refractivity (Wildman–Crippen MR) is 83.3 cm³/mol. The number of hydrogen-bond donors (Lipinski definition) is 1. The fourth-order valence-corrected chi connectivity index (χ4v) is 4.22. The van der Waals surface area contributed by atoms with Crippen LogP contribution in [-0.2, 0) is 22.4 Å². The van der Waals surface area contributed by atoms with E-state index >= 15 is 0 Å². The van der Waals surface area contributed by atoms with Gasteiger partial charge < -0.3 is 10.0 Å². The Morgan fingerprint density at radius 2 is 2.10 bits per heavy atom. The van der Waals surface area contributed by atoms with Crippen molar-refractivity contribution < 1.29 is 13.5 Å². The summed E-state index contributed by atoms with van der Waals surface area (Å²) in [5, 5.41) is 9.14. The molecule has 0 bridgehead atoms. The van der Waals surface area contributed by atoms with Gasteiger partial charge in [-0.2, -0.15) is 0 Å². The van der Waals surface area contributed by atoms with Crippen LogP contribution in [0.3, 0.4) is 0 Å². The zero-order valence-corrected chi connectivity index (χ0v) is 13.5. The molecule has 2 rings (SSSR count). The number of rotatable bonds is 5. The number of nitrogens with zero attached hydrogens (tertiary/aromatic N) is 2. The largest absolute Gasteiger partial charge is 0.392 e. The lowest BCUT2D eigenvalue weighted by atomic mass is 10.1. The highest BCUT2D eigenvalue weighted by molar-refractivity contribution is 7.88. The summed E-state index contributed by atoms with van der Waals surface area (Å²) in [6, 6.07) is 7.16. The van der Waals surface area contributed by atoms with E-state index in [4.69, 9.17) is 5.11 Å². The summed E-state index contributed by atoms with van der Waals surface area (Å²) in [6.07, 6.45) is 1.94. The van der Waals surface area contributed by atoms with Gasteiger partial charge in [0.1, 0.15) is 0 Å². The molecule has 21 heavy (non-hydrogen) atoms. The van der Waals surface area contributed by atoms with Crippen molar-refractivity contribution in [2.24, 2.45) is 0 Å². The van der Waals surface area contributed by atoms with Crippen molar-refractivity contribution in [3.8, 4) is 0 Å². The molecule has 1 aliphatic rings. The molecule has 0 saturated carbocycles. The number of likely N-dealkylation sites (tertiary alicyclic amines) is 1. The first-order chi connectivity index (χ1) is 9.92. The van der Waals surface area contributed by atoms with Gasteiger partial charge in [-0.05, 0) is 37.6 Å². The first-order valence-electron chi connectivity index (χ1n) is 7.25. The van der Waals surface area contributed by atoms with Gasteiger partial charge in [0.05, 0.1) is 12.4 Å². The van der Waals surface area contributed by atoms with Gasteiger partial charge in [-0.15, -0.1) is 0 Å². The Morgan fingerprint density at radius 3 is 2.76 bits per heavy atom. The molecule has 1 saturated heterocycles. The van der Waals surface area contributed by atoms with Gasteiger partial charge in [-0.3, -0.25) is 0 Å². The molecule has 6 heteroatoms. The van der Waals surface area contributed by atoms with Crippen molar-refractivity contribution in [1.29, 1.82) is 0 Å². The van der Waals surface area contributed by atoms with Crippen molar-refractivity contribution in [2.75, 3.05) is 27.2 Å². The van der Waals surface area contributed by atoms with Gasteiger partial charge in [0.2, 0.25) is 10.0 Å². The standard InChI is InChI=1S/C15H24N2O3S/c1-16-8-4-7-15(10-16)17(2)21(19,20)12-14-6-3-5-13(9-14)11-18/h3,5-6,9,15,18H,4,7-8,10-12H2,1-2H3. The first-order valence-corrected chi connectivity index (χ1v) is 8.86. The summed E-state index contributed by atoms with van der Waals surface area (Å²) in [5.41, 5.74) is 1.46. The smallest absolute Gasteiger partial charge is 0.218 e. The van der Waals surface area contributed by atoms with E-state index in [0.717, 1.165) is 37.1 Å². The van der Waals surface area contributed by atoms with Crippen LogP contribution in [0.4, 0.5) is 0 Å². The maximum Gasteiger partial charge on any atom is 0.218 e. The number of hydrogen-bond acceptors (Lipinski definition) is 4. The zero-order chi connectivity index (χ0) is 15.5. The second kappa shape index (κ2) is 6.87. The van der Waals surface area contributed by atoms with Gasteiger partial charge in [0.25, 0.3) is 0 Å². The fraction of sp³-hybridized carbons (Fsp3) is 0.600. The first kappa shape index (κ1) is 16.4. The third kappa shape index (κ3) is 4.26. The minimum absolute atomic E-state index is 0.0163. The van der Waals surface area contributed by atoms with Crippen LogP contribution in [0.25, 0.3) is 0 Å². The van der Waals surface area contributed by atoms with Gasteiger partial charge in [-0.25, -0.2) is 12.7 Å². The van der Waals surface area contributed by atoms with E-state index in [0.29, 0.717) is 0 Å². The predicted octanol–water partition coefficient (Wildman–Crippen LogP) is 1.03. The van der Waals surface area contributed by atoms with Crippen molar-refractivity contribution in [1.82, 2.24) is 9.21 Å². The molecule has 0 spiro atoms. The molecule has 0 amide bonds. The third-order valence-electron chi connectivity index (χ3n) is 4.08. The SMILES string of the molecule is CN1CCCC(N(C)S(=O)(=O)Cc2cccc(CO)c2)C1. The molecule has 1 aromatic rings. The van der Waals surface area contributed by atoms with E-state index in [1.807, 2.05) is 7.05 Å². The molecule has 1 N–H and O–H groups in total. The second-order valence-electron chi connectivity index (χ2n) is 5.81. The highest BCUT2D eigenvalue weighted by Crippen LogP contribution is 2.19. The quantitative estimate of drug-likeness (QED) is 0.882. The van der Waals surface area contributed by atoms with E-state index in [-0.39, 0.29) is 18.4 Å². The lowest BCUT2D eigenvalue weighted by Gasteiger charge is -2.35. The highest BCUT2D eigenvalue weighted by atomic mass is 32.2. The minimum atomic E-state index is -3.34. The normalized spacial score (nSPS) is 20.9. The summed E-state index contributed by atoms with van der Waals surface area (Å²) >= 11 is 0. The molecular formula is C15H24N2O3S. The van der Waals surface area contributed by atoms with Crippen LogP contribution < -0.4 is 0 Å². The lowest BCUT2D eigenvalue weighted by molar-refractivity contribution is 0.187. The molecule has 1 heterocycles. The van der Waals surface area contributed by atoms with Crippen molar-refractivity contribution in [3.63, 3.8) is 0 Å². The van der Waals surface area contributed by atoms with Crippen LogP contribution in [0.15, 0.2) is 24.3 Å². The van der Waals surface area contributed by atoms with Crippen molar-refractivity contribution in [2.45, 2.75) is 31.2 Å². The molecule has 1 fully saturated rings. The summed E-state index contributed by atoms with van der Waals surface area (Å²) < 4.78 is 26.6. The Morgan fingerprint density at radius 1 is 1.38 bits per heavy atom. The van der Waals surface area contributed by atoms with E-state index in [2.05, 4.69) is 4.90 Å². The average molecular weight is 312 g/mol. The van der Waals surface area contributed by atoms with Crippen LogP contribution in [0, 0.1) is 0 Å². The van der Waals surface area contributed by atoms with Gasteiger partial charge in [0, 0.05) is 19.6 Å². The molecule has 0 aliphatic carbocycles. The van der Waals surface area contributed by atoms with Gasteiger partial charge in [-0.1, -0.05) is 24.3 Å². The van der Waals surface area contributed by atoms with Crippen molar-refractivity contribution in [3.05, 3.63) is 35.4 Å². The lowest BCUT2D eigenvalue weighted by Crippen LogP contribution is -2.47. The second-order valence-corrected chi connectivity index (χ2v) is 7.84. The van der Waals surface area contributed by atoms with Gasteiger partial charge >= 0.3 is 0 Å². The number of aliphatic hydroxyl groups excluding tert-OH is 1. The Hall–Kier alpha value is -0.950. The number of sulfonamides is 1. The third-order valence-corrected chi connectivity index (χ3v) is 5.95. The van der Waals surface area contributed by atoms with Crippen LogP contribution in [0.5, 0.6) is 0 Å². The van der Waals surface area contributed by atoms with E-state index in [1.165, 1.54) is 4.31 Å². The van der Waals surface area contributed by atoms with Crippen molar-refractivity contribution >= 4 is 10.0 Å². The Kier molecular flexibility index (Phi) is 5.37. The fourth-order valence-electron chi connectivity index (χ4n) is 2.79. The molecule has 5 nitrogen and oxygen atoms in total. The Bertz CT molecular complexity index is 574. The number of benzene rings is 1. The van der Waals surface area contributed by atoms with Gasteiger partial charge in [0.15, 0.2) is 0 Å². The molecular weight excluding hydrogens is 288 g/mol. The Balaban J connectivity index is 2.09. The summed E-state index contributed by atoms with van der Waals surface area (Å²) in [4.78, 5) is 2.17. The maximum absolute atomic E-state index is 12.6. The number of aliphatic hydroxyl groups is 1. The monoisotopic (exact) mass is 312 g/mol. The van der Waals surface area contributed by atoms with Crippen LogP contribution in [0.2, 0.25) is 0 Å². The average Bonchev–Trinajstić information content (AvgIpc) is 2.46. The highest BCUT2D eigenvalue weighted by Gasteiger charge is 2.29. The zero-order valence-electron chi connectivity index (χ0n) is 12.7. The minimum Gasteiger partial charge on any atom is -0.392 e. The molecule has 0 aromatic heterocycles. The topological polar surface area (TPSA) is 60.9 Å². The Labute approximate surface area is 127 Å². The molecule has 118 valence electrons. The van der Waals surface area contributed by atoms with E-state index < -0.39 is 10.0 Å². The molecule has 1 aromatic carbocycles. The summed E-state index contributed by atoms with van der Waals surface area (Å²) in [7, 11) is 0.364. The number of likely N-dealkylation sites (N-methyl/N-ethyl adjacent to an activating group) is 2. The molecule has 0 radical (unpaired) electrons. The molecule has 1 unspecified atom stereocenters. The van der Waals surface area contributed by atoms with Crippen LogP contribution >= 0.6 is 0 Å². The molecule has 1 aliphatic heterocycles. The summed E-state index contributed by atoms with van der Waals surface area (Å²) in [6.45, 7) is 1.74.